The SMILES string of the molecule is ICC1C2C=CC(CC2)C1CI. The van der Waals surface area contributed by atoms with E-state index in [9.17, 15) is 0 Å². The highest BCUT2D eigenvalue weighted by Gasteiger charge is 2.38. The van der Waals surface area contributed by atoms with E-state index in [4.69, 9.17) is 0 Å². The van der Waals surface area contributed by atoms with Crippen LogP contribution in [0.2, 0.25) is 0 Å². The highest BCUT2D eigenvalue weighted by molar-refractivity contribution is 14.1. The maximum absolute atomic E-state index is 2.57. The molecule has 12 heavy (non-hydrogen) atoms. The highest BCUT2D eigenvalue weighted by atomic mass is 127. The summed E-state index contributed by atoms with van der Waals surface area (Å²) in [5.74, 6) is 3.83. The van der Waals surface area contributed by atoms with E-state index in [1.54, 1.807) is 0 Å². The summed E-state index contributed by atoms with van der Waals surface area (Å²) in [4.78, 5) is 0. The number of fused-ring (bicyclic) bond motifs is 2. The van der Waals surface area contributed by atoms with Crippen LogP contribution in [0, 0.1) is 23.7 Å². The Morgan fingerprint density at radius 2 is 1.33 bits per heavy atom. The zero-order valence-electron chi connectivity index (χ0n) is 7.05. The van der Waals surface area contributed by atoms with Crippen LogP contribution in [0.3, 0.4) is 0 Å². The maximum Gasteiger partial charge on any atom is 0.00324 e. The van der Waals surface area contributed by atoms with Crippen LogP contribution in [0.25, 0.3) is 0 Å². The van der Waals surface area contributed by atoms with Gasteiger partial charge in [0.25, 0.3) is 0 Å². The first-order chi connectivity index (χ1) is 5.86. The summed E-state index contributed by atoms with van der Waals surface area (Å²) in [7, 11) is 0. The molecule has 0 aromatic carbocycles. The number of alkyl halides is 2. The first-order valence-corrected chi connectivity index (χ1v) is 7.72. The van der Waals surface area contributed by atoms with Gasteiger partial charge in [0.05, 0.1) is 0 Å². The average Bonchev–Trinajstić information content (AvgIpc) is 2.18. The summed E-state index contributed by atoms with van der Waals surface area (Å²) in [6.07, 6.45) is 7.89. The molecule has 4 unspecified atom stereocenters. The number of allylic oxidation sites excluding steroid dienone is 2. The van der Waals surface area contributed by atoms with Gasteiger partial charge in [-0.05, 0) is 36.5 Å². The van der Waals surface area contributed by atoms with Crippen LogP contribution in [0.4, 0.5) is 0 Å². The van der Waals surface area contributed by atoms with E-state index >= 15 is 0 Å². The van der Waals surface area contributed by atoms with Crippen LogP contribution in [0.1, 0.15) is 12.8 Å². The van der Waals surface area contributed by atoms with Gasteiger partial charge in [-0.3, -0.25) is 0 Å². The molecule has 0 N–H and O–H groups in total. The zero-order chi connectivity index (χ0) is 8.55. The molecule has 0 radical (unpaired) electrons. The van der Waals surface area contributed by atoms with E-state index < -0.39 is 0 Å². The Morgan fingerprint density at radius 1 is 0.917 bits per heavy atom. The molecule has 4 atom stereocenters. The van der Waals surface area contributed by atoms with Crippen LogP contribution in [-0.4, -0.2) is 8.86 Å². The average molecular weight is 388 g/mol. The van der Waals surface area contributed by atoms with Crippen molar-refractivity contribution in [3.8, 4) is 0 Å². The summed E-state index contributed by atoms with van der Waals surface area (Å²) >= 11 is 5.13. The molecule has 0 aromatic heterocycles. The molecule has 3 aliphatic carbocycles. The Labute approximate surface area is 102 Å². The van der Waals surface area contributed by atoms with Crippen molar-refractivity contribution in [1.82, 2.24) is 0 Å². The van der Waals surface area contributed by atoms with Crippen molar-refractivity contribution in [1.29, 1.82) is 0 Å². The van der Waals surface area contributed by atoms with Crippen LogP contribution < -0.4 is 0 Å². The number of halogens is 2. The van der Waals surface area contributed by atoms with Crippen molar-refractivity contribution in [2.75, 3.05) is 8.86 Å². The summed E-state index contributed by atoms with van der Waals surface area (Å²) in [6, 6.07) is 0. The third kappa shape index (κ3) is 1.57. The maximum atomic E-state index is 2.57. The number of hydrogen-bond acceptors (Lipinski definition) is 0. The second-order valence-electron chi connectivity index (χ2n) is 3.93. The van der Waals surface area contributed by atoms with E-state index in [1.165, 1.54) is 21.7 Å². The smallest absolute Gasteiger partial charge is 0.00324 e. The highest BCUT2D eigenvalue weighted by Crippen LogP contribution is 2.46. The second kappa shape index (κ2) is 4.15. The lowest BCUT2D eigenvalue weighted by molar-refractivity contribution is 0.164. The molecule has 0 saturated heterocycles. The first-order valence-electron chi connectivity index (χ1n) is 4.67. The van der Waals surface area contributed by atoms with Crippen molar-refractivity contribution in [3.63, 3.8) is 0 Å². The number of hydrogen-bond donors (Lipinski definition) is 0. The molecule has 1 fully saturated rings. The second-order valence-corrected chi connectivity index (χ2v) is 5.69. The van der Waals surface area contributed by atoms with E-state index in [1.807, 2.05) is 0 Å². The summed E-state index contributed by atoms with van der Waals surface area (Å²) in [5.41, 5.74) is 0. The number of rotatable bonds is 2. The first kappa shape index (κ1) is 9.74. The van der Waals surface area contributed by atoms with Gasteiger partial charge in [-0.15, -0.1) is 0 Å². The Hall–Kier alpha value is 1.20. The molecule has 0 aliphatic heterocycles. The Balaban J connectivity index is 2.18. The summed E-state index contributed by atoms with van der Waals surface area (Å²) in [5, 5.41) is 0. The van der Waals surface area contributed by atoms with Crippen molar-refractivity contribution >= 4 is 45.2 Å². The molecule has 0 spiro atoms. The zero-order valence-corrected chi connectivity index (χ0v) is 11.4. The molecular weight excluding hydrogens is 374 g/mol. The van der Waals surface area contributed by atoms with Crippen molar-refractivity contribution in [3.05, 3.63) is 12.2 Å². The van der Waals surface area contributed by atoms with E-state index in [0.29, 0.717) is 0 Å². The van der Waals surface area contributed by atoms with Gasteiger partial charge >= 0.3 is 0 Å². The lowest BCUT2D eigenvalue weighted by Gasteiger charge is -2.43. The molecule has 2 bridgehead atoms. The molecule has 3 rings (SSSR count). The summed E-state index contributed by atoms with van der Waals surface area (Å²) < 4.78 is 2.72. The van der Waals surface area contributed by atoms with Gasteiger partial charge in [-0.25, -0.2) is 0 Å². The van der Waals surface area contributed by atoms with Gasteiger partial charge < -0.3 is 0 Å². The quantitative estimate of drug-likeness (QED) is 0.385. The largest absolute Gasteiger partial charge is 0.0860 e. The van der Waals surface area contributed by atoms with Crippen LogP contribution in [0.15, 0.2) is 12.2 Å². The van der Waals surface area contributed by atoms with Crippen LogP contribution in [-0.2, 0) is 0 Å². The molecule has 0 amide bonds. The van der Waals surface area contributed by atoms with Gasteiger partial charge in [0, 0.05) is 8.86 Å². The van der Waals surface area contributed by atoms with Crippen molar-refractivity contribution in [2.45, 2.75) is 12.8 Å². The molecule has 3 aliphatic rings. The molecule has 2 heteroatoms. The molecule has 68 valence electrons. The molecule has 1 saturated carbocycles. The predicted octanol–water partition coefficient (Wildman–Crippen LogP) is 3.68. The van der Waals surface area contributed by atoms with Crippen LogP contribution in [0.5, 0.6) is 0 Å². The van der Waals surface area contributed by atoms with Crippen molar-refractivity contribution < 1.29 is 0 Å². The van der Waals surface area contributed by atoms with Crippen LogP contribution >= 0.6 is 45.2 Å². The van der Waals surface area contributed by atoms with Gasteiger partial charge in [-0.2, -0.15) is 0 Å². The normalized spacial score (nSPS) is 45.2. The Kier molecular flexibility index (Phi) is 3.37. The molecule has 0 heterocycles. The fraction of sp³-hybridized carbons (Fsp3) is 0.800. The minimum Gasteiger partial charge on any atom is -0.0860 e. The topological polar surface area (TPSA) is 0 Å². The molecular formula is C10H14I2. The molecule has 0 aromatic rings. The fourth-order valence-electron chi connectivity index (χ4n) is 2.67. The van der Waals surface area contributed by atoms with Gasteiger partial charge in [0.15, 0.2) is 0 Å². The fourth-order valence-corrected chi connectivity index (χ4v) is 5.28. The van der Waals surface area contributed by atoms with E-state index in [0.717, 1.165) is 23.7 Å². The third-order valence-corrected chi connectivity index (χ3v) is 5.48. The standard InChI is InChI=1S/C10H14I2/c11-5-9-7-1-2-8(4-3-7)10(9)6-12/h1-2,7-10H,3-6H2. The van der Waals surface area contributed by atoms with Gasteiger partial charge in [0.2, 0.25) is 0 Å². The Morgan fingerprint density at radius 3 is 1.58 bits per heavy atom. The lowest BCUT2D eigenvalue weighted by atomic mass is 9.64. The van der Waals surface area contributed by atoms with Gasteiger partial charge in [-0.1, -0.05) is 57.3 Å². The molecule has 0 nitrogen and oxygen atoms in total. The van der Waals surface area contributed by atoms with Crippen molar-refractivity contribution in [2.24, 2.45) is 23.7 Å². The third-order valence-electron chi connectivity index (χ3n) is 3.45. The lowest BCUT2D eigenvalue weighted by Crippen LogP contribution is -2.38. The monoisotopic (exact) mass is 388 g/mol. The predicted molar refractivity (Wildman–Crippen MR) is 70.1 cm³/mol. The van der Waals surface area contributed by atoms with E-state index in [2.05, 4.69) is 57.3 Å². The van der Waals surface area contributed by atoms with Gasteiger partial charge in [0.1, 0.15) is 0 Å². The summed E-state index contributed by atoms with van der Waals surface area (Å²) in [6.45, 7) is 0. The Bertz CT molecular complexity index is 168. The minimum atomic E-state index is 0.923. The van der Waals surface area contributed by atoms with E-state index in [-0.39, 0.29) is 0 Å². The minimum absolute atomic E-state index is 0.923.